The predicted molar refractivity (Wildman–Crippen MR) is 190 cm³/mol. The van der Waals surface area contributed by atoms with Crippen molar-refractivity contribution >= 4 is 33.7 Å². The third-order valence-electron chi connectivity index (χ3n) is 8.66. The Morgan fingerprint density at radius 3 is 2.35 bits per heavy atom. The highest BCUT2D eigenvalue weighted by atomic mass is 19.1. The summed E-state index contributed by atoms with van der Waals surface area (Å²) in [6, 6.07) is 20.8. The smallest absolute Gasteiger partial charge is 0.256 e. The molecule has 6 heteroatoms. The molecule has 5 aromatic rings. The second kappa shape index (κ2) is 15.5. The van der Waals surface area contributed by atoms with Crippen LogP contribution < -0.4 is 15.5 Å². The fourth-order valence-corrected chi connectivity index (χ4v) is 5.80. The molecule has 0 bridgehead atoms. The lowest BCUT2D eigenvalue weighted by molar-refractivity contribution is 0.0952. The molecule has 0 aliphatic heterocycles. The molecule has 4 aromatic carbocycles. The van der Waals surface area contributed by atoms with E-state index in [1.54, 1.807) is 26.3 Å². The highest BCUT2D eigenvalue weighted by molar-refractivity contribution is 6.00. The number of aryl methyl sites for hydroxylation is 1. The second-order valence-corrected chi connectivity index (χ2v) is 11.8. The number of fused-ring (bicyclic) bond motifs is 2. The van der Waals surface area contributed by atoms with Gasteiger partial charge in [-0.3, -0.25) is 9.59 Å². The van der Waals surface area contributed by atoms with Crippen LogP contribution in [0.1, 0.15) is 72.6 Å². The monoisotopic (exact) mass is 620 g/mol. The summed E-state index contributed by atoms with van der Waals surface area (Å²) in [6.45, 7) is 14.6. The van der Waals surface area contributed by atoms with E-state index in [1.807, 2.05) is 66.1 Å². The minimum Gasteiger partial charge on any atom is -0.496 e. The number of hydrogen-bond donors (Lipinski definition) is 1. The molecule has 1 N–H and O–H groups in total. The molecule has 1 atom stereocenters. The standard InChI is InChI=1S/C33H29FN2O3.C7H16/c1-5-25-21(3)28(34)18-26-31(25)36(29-17-24-12-7-6-11-23(24)16-20(29)2)19-27(32(26)37)33(38)35-15-14-22-10-8-9-13-30(22)39-4;1-4-6-7(3)5-2/h5-13,16-19H,1,14-15H2,2-4H3,(H,35,38);7H,4-6H2,1-3H3. The van der Waals surface area contributed by atoms with Crippen molar-refractivity contribution < 1.29 is 13.9 Å². The largest absolute Gasteiger partial charge is 0.496 e. The van der Waals surface area contributed by atoms with Gasteiger partial charge in [-0.15, -0.1) is 0 Å². The van der Waals surface area contributed by atoms with Crippen LogP contribution in [-0.4, -0.2) is 24.1 Å². The number of nitrogens with one attached hydrogen (secondary N) is 1. The van der Waals surface area contributed by atoms with Gasteiger partial charge in [0.2, 0.25) is 5.43 Å². The summed E-state index contributed by atoms with van der Waals surface area (Å²) in [7, 11) is 1.60. The predicted octanol–water partition coefficient (Wildman–Crippen LogP) is 9.36. The van der Waals surface area contributed by atoms with E-state index in [0.717, 1.165) is 39.3 Å². The average molecular weight is 621 g/mol. The molecule has 0 spiro atoms. The third-order valence-corrected chi connectivity index (χ3v) is 8.66. The molecule has 1 amide bonds. The Balaban J connectivity index is 0.000000617. The number of rotatable bonds is 10. The van der Waals surface area contributed by atoms with Crippen LogP contribution in [0.3, 0.4) is 0 Å². The maximum Gasteiger partial charge on any atom is 0.256 e. The quantitative estimate of drug-likeness (QED) is 0.169. The van der Waals surface area contributed by atoms with Gasteiger partial charge in [0.25, 0.3) is 5.91 Å². The number of benzene rings is 4. The van der Waals surface area contributed by atoms with E-state index in [1.165, 1.54) is 25.3 Å². The Morgan fingerprint density at radius 1 is 1.04 bits per heavy atom. The first-order valence-corrected chi connectivity index (χ1v) is 16.1. The number of carbonyl (C=O) groups is 1. The van der Waals surface area contributed by atoms with Crippen molar-refractivity contribution in [2.45, 2.75) is 60.3 Å². The van der Waals surface area contributed by atoms with Crippen LogP contribution >= 0.6 is 0 Å². The zero-order valence-electron chi connectivity index (χ0n) is 27.9. The van der Waals surface area contributed by atoms with E-state index in [2.05, 4.69) is 38.7 Å². The lowest BCUT2D eigenvalue weighted by Crippen LogP contribution is -2.31. The first kappa shape index (κ1) is 34.2. The number of aromatic nitrogens is 1. The fourth-order valence-electron chi connectivity index (χ4n) is 5.80. The maximum atomic E-state index is 15.0. The van der Waals surface area contributed by atoms with Crippen molar-refractivity contribution in [3.05, 3.63) is 123 Å². The molecule has 5 nitrogen and oxygen atoms in total. The molecule has 0 saturated heterocycles. The van der Waals surface area contributed by atoms with E-state index >= 15 is 0 Å². The molecular formula is C40H45FN2O3. The molecule has 0 fully saturated rings. The Labute approximate surface area is 271 Å². The SMILES string of the molecule is C=Cc1c(C)c(F)cc2c(=O)c(C(=O)NCCc3ccccc3OC)cn(-c3cc4ccccc4cc3C)c12.CCCC(C)CC. The van der Waals surface area contributed by atoms with Gasteiger partial charge in [-0.05, 0) is 77.9 Å². The molecule has 240 valence electrons. The van der Waals surface area contributed by atoms with Gasteiger partial charge in [0.15, 0.2) is 0 Å². The summed E-state index contributed by atoms with van der Waals surface area (Å²) in [5.74, 6) is 0.634. The molecule has 0 aliphatic carbocycles. The first-order valence-electron chi connectivity index (χ1n) is 16.1. The number of ether oxygens (including phenoxy) is 1. The van der Waals surface area contributed by atoms with Crippen molar-refractivity contribution in [3.8, 4) is 11.4 Å². The average Bonchev–Trinajstić information content (AvgIpc) is 3.06. The lowest BCUT2D eigenvalue weighted by Gasteiger charge is -2.19. The van der Waals surface area contributed by atoms with E-state index in [0.29, 0.717) is 29.6 Å². The van der Waals surface area contributed by atoms with E-state index in [4.69, 9.17) is 4.74 Å². The first-order chi connectivity index (χ1) is 22.1. The van der Waals surface area contributed by atoms with Crippen LogP contribution in [0.4, 0.5) is 4.39 Å². The second-order valence-electron chi connectivity index (χ2n) is 11.8. The highest BCUT2D eigenvalue weighted by Crippen LogP contribution is 2.30. The minimum absolute atomic E-state index is 0.0617. The zero-order valence-corrected chi connectivity index (χ0v) is 27.9. The summed E-state index contributed by atoms with van der Waals surface area (Å²) in [5, 5.41) is 5.06. The topological polar surface area (TPSA) is 60.3 Å². The van der Waals surface area contributed by atoms with Crippen LogP contribution in [0.5, 0.6) is 5.75 Å². The van der Waals surface area contributed by atoms with E-state index in [9.17, 15) is 14.0 Å². The number of nitrogens with zero attached hydrogens (tertiary/aromatic N) is 1. The molecule has 0 radical (unpaired) electrons. The molecule has 1 unspecified atom stereocenters. The minimum atomic E-state index is -0.531. The van der Waals surface area contributed by atoms with Crippen molar-refractivity contribution in [2.75, 3.05) is 13.7 Å². The van der Waals surface area contributed by atoms with Crippen molar-refractivity contribution in [1.82, 2.24) is 9.88 Å². The Bertz CT molecular complexity index is 1920. The van der Waals surface area contributed by atoms with E-state index in [-0.39, 0.29) is 10.9 Å². The van der Waals surface area contributed by atoms with Gasteiger partial charge in [-0.2, -0.15) is 0 Å². The fraction of sp³-hybridized carbons (Fsp3) is 0.300. The number of hydrogen-bond acceptors (Lipinski definition) is 3. The van der Waals surface area contributed by atoms with Gasteiger partial charge in [-0.1, -0.05) is 95.2 Å². The summed E-state index contributed by atoms with van der Waals surface area (Å²) < 4.78 is 22.2. The molecule has 5 rings (SSSR count). The van der Waals surface area contributed by atoms with Crippen LogP contribution in [0.2, 0.25) is 0 Å². The highest BCUT2D eigenvalue weighted by Gasteiger charge is 2.21. The Hall–Kier alpha value is -4.71. The molecule has 0 saturated carbocycles. The van der Waals surface area contributed by atoms with Crippen LogP contribution in [0.15, 0.2) is 84.3 Å². The van der Waals surface area contributed by atoms with Gasteiger partial charge in [0.05, 0.1) is 18.0 Å². The van der Waals surface area contributed by atoms with Gasteiger partial charge in [0, 0.05) is 24.0 Å². The van der Waals surface area contributed by atoms with Gasteiger partial charge in [0.1, 0.15) is 17.1 Å². The number of amides is 1. The normalized spacial score (nSPS) is 11.5. The van der Waals surface area contributed by atoms with Crippen LogP contribution in [-0.2, 0) is 6.42 Å². The lowest BCUT2D eigenvalue weighted by atomic mass is 9.99. The summed E-state index contributed by atoms with van der Waals surface area (Å²) in [5.41, 5.74) is 3.49. The van der Waals surface area contributed by atoms with Crippen molar-refractivity contribution in [1.29, 1.82) is 0 Å². The number of para-hydroxylation sites is 1. The Kier molecular flexibility index (Phi) is 11.5. The van der Waals surface area contributed by atoms with Crippen LogP contribution in [0.25, 0.3) is 33.4 Å². The van der Waals surface area contributed by atoms with Crippen molar-refractivity contribution in [2.24, 2.45) is 5.92 Å². The molecule has 0 aliphatic rings. The third kappa shape index (κ3) is 7.39. The summed E-state index contributed by atoms with van der Waals surface area (Å²) in [4.78, 5) is 27.0. The summed E-state index contributed by atoms with van der Waals surface area (Å²) >= 11 is 0. The molecule has 1 aromatic heterocycles. The van der Waals surface area contributed by atoms with Gasteiger partial charge >= 0.3 is 0 Å². The van der Waals surface area contributed by atoms with Crippen molar-refractivity contribution in [3.63, 3.8) is 0 Å². The molecule has 46 heavy (non-hydrogen) atoms. The van der Waals surface area contributed by atoms with Crippen LogP contribution in [0, 0.1) is 25.6 Å². The molecule has 1 heterocycles. The summed E-state index contributed by atoms with van der Waals surface area (Å²) in [6.07, 6.45) is 7.72. The van der Waals surface area contributed by atoms with E-state index < -0.39 is 17.2 Å². The number of pyridine rings is 1. The maximum absolute atomic E-state index is 15.0. The van der Waals surface area contributed by atoms with Gasteiger partial charge < -0.3 is 14.6 Å². The number of carbonyl (C=O) groups excluding carboxylic acids is 1. The number of halogens is 1. The zero-order chi connectivity index (χ0) is 33.4. The number of methoxy groups -OCH3 is 1. The van der Waals surface area contributed by atoms with Gasteiger partial charge in [-0.25, -0.2) is 4.39 Å². The molecular weight excluding hydrogens is 575 g/mol. The Morgan fingerprint density at radius 2 is 1.72 bits per heavy atom.